The number of ketones is 1. The van der Waals surface area contributed by atoms with Crippen LogP contribution >= 0.6 is 0 Å². The van der Waals surface area contributed by atoms with E-state index in [1.807, 2.05) is 6.92 Å². The molecule has 0 aromatic heterocycles. The molecule has 0 spiro atoms. The fraction of sp³-hybridized carbons (Fsp3) is 0.615. The Morgan fingerprint density at radius 2 is 1.83 bits per heavy atom. The van der Waals surface area contributed by atoms with Gasteiger partial charge in [-0.25, -0.2) is 0 Å². The number of rotatable bonds is 3. The van der Waals surface area contributed by atoms with Gasteiger partial charge in [-0.05, 0) is 37.1 Å². The Labute approximate surface area is 103 Å². The van der Waals surface area contributed by atoms with E-state index in [4.69, 9.17) is 4.74 Å². The Bertz CT molecular complexity index is 387. The van der Waals surface area contributed by atoms with Gasteiger partial charge in [0, 0.05) is 5.41 Å². The van der Waals surface area contributed by atoms with Crippen molar-refractivity contribution in [1.82, 2.24) is 0 Å². The zero-order valence-electron chi connectivity index (χ0n) is 10.1. The fourth-order valence-corrected chi connectivity index (χ4v) is 2.49. The Morgan fingerprint density at radius 3 is 2.22 bits per heavy atom. The first kappa shape index (κ1) is 13.3. The highest BCUT2D eigenvalue weighted by molar-refractivity contribution is 6.00. The van der Waals surface area contributed by atoms with Crippen molar-refractivity contribution in [2.45, 2.75) is 38.0 Å². The topological polar surface area (TPSA) is 26.3 Å². The zero-order valence-corrected chi connectivity index (χ0v) is 10.1. The summed E-state index contributed by atoms with van der Waals surface area (Å²) in [7, 11) is 0. The average Bonchev–Trinajstić information content (AvgIpc) is 2.25. The molecule has 18 heavy (non-hydrogen) atoms. The van der Waals surface area contributed by atoms with Gasteiger partial charge in [-0.15, -0.1) is 0 Å². The molecule has 0 N–H and O–H groups in total. The minimum absolute atomic E-state index is 0.218. The fourth-order valence-electron chi connectivity index (χ4n) is 2.49. The first-order valence-corrected chi connectivity index (χ1v) is 5.90. The minimum atomic E-state index is -4.36. The summed E-state index contributed by atoms with van der Waals surface area (Å²) in [5, 5.41) is 0. The van der Waals surface area contributed by atoms with Gasteiger partial charge in [-0.3, -0.25) is 4.79 Å². The lowest BCUT2D eigenvalue weighted by Crippen LogP contribution is -2.52. The van der Waals surface area contributed by atoms with Gasteiger partial charge in [-0.2, -0.15) is 13.2 Å². The molecule has 0 saturated heterocycles. The quantitative estimate of drug-likeness (QED) is 0.779. The Balaban J connectivity index is 2.21. The van der Waals surface area contributed by atoms with E-state index in [0.29, 0.717) is 0 Å². The Hall–Kier alpha value is -1.10. The SMILES string of the molecule is CC1(C2(OCC(F)(F)F)C=CC(=O)C=C2)CCC1. The number of halogens is 3. The molecule has 1 fully saturated rings. The van der Waals surface area contributed by atoms with Crippen molar-refractivity contribution in [3.63, 3.8) is 0 Å². The van der Waals surface area contributed by atoms with Crippen LogP contribution in [0, 0.1) is 5.41 Å². The molecule has 0 aromatic rings. The van der Waals surface area contributed by atoms with E-state index in [2.05, 4.69) is 0 Å². The van der Waals surface area contributed by atoms with Gasteiger partial charge in [0.05, 0.1) is 0 Å². The third kappa shape index (κ3) is 2.36. The van der Waals surface area contributed by atoms with Crippen molar-refractivity contribution in [3.05, 3.63) is 24.3 Å². The summed E-state index contributed by atoms with van der Waals surface area (Å²) < 4.78 is 42.1. The third-order valence-corrected chi connectivity index (χ3v) is 3.87. The summed E-state index contributed by atoms with van der Waals surface area (Å²) in [5.41, 5.74) is -1.46. The second-order valence-corrected chi connectivity index (χ2v) is 5.18. The van der Waals surface area contributed by atoms with Crippen molar-refractivity contribution in [1.29, 1.82) is 0 Å². The molecule has 2 aliphatic rings. The van der Waals surface area contributed by atoms with Crippen molar-refractivity contribution in [2.75, 3.05) is 6.61 Å². The standard InChI is InChI=1S/C13H15F3O2/c1-11(5-2-6-11)12(18-9-13(14,15)16)7-3-10(17)4-8-12/h3-4,7-8H,2,5-6,9H2,1H3. The van der Waals surface area contributed by atoms with Crippen LogP contribution in [0.3, 0.4) is 0 Å². The van der Waals surface area contributed by atoms with E-state index in [-0.39, 0.29) is 11.2 Å². The van der Waals surface area contributed by atoms with Crippen LogP contribution in [0.5, 0.6) is 0 Å². The molecule has 0 atom stereocenters. The largest absolute Gasteiger partial charge is 0.411 e. The van der Waals surface area contributed by atoms with Gasteiger partial charge < -0.3 is 4.74 Å². The predicted octanol–water partition coefficient (Wildman–Crippen LogP) is 3.19. The Morgan fingerprint density at radius 1 is 1.28 bits per heavy atom. The molecule has 2 rings (SSSR count). The predicted molar refractivity (Wildman–Crippen MR) is 60.0 cm³/mol. The summed E-state index contributed by atoms with van der Waals surface area (Å²) in [6.45, 7) is 0.600. The van der Waals surface area contributed by atoms with Gasteiger partial charge in [0.1, 0.15) is 12.2 Å². The number of alkyl halides is 3. The van der Waals surface area contributed by atoms with Crippen molar-refractivity contribution in [2.24, 2.45) is 5.41 Å². The van der Waals surface area contributed by atoms with E-state index < -0.39 is 18.4 Å². The molecule has 0 aliphatic heterocycles. The molecule has 0 amide bonds. The van der Waals surface area contributed by atoms with E-state index in [1.54, 1.807) is 0 Å². The summed E-state index contributed by atoms with van der Waals surface area (Å²) in [6.07, 6.45) is 3.74. The summed E-state index contributed by atoms with van der Waals surface area (Å²) in [4.78, 5) is 11.1. The van der Waals surface area contributed by atoms with Gasteiger partial charge in [0.2, 0.25) is 0 Å². The molecule has 100 valence electrons. The molecule has 2 aliphatic carbocycles. The maximum atomic E-state index is 12.3. The smallest absolute Gasteiger partial charge is 0.357 e. The number of hydrogen-bond donors (Lipinski definition) is 0. The van der Waals surface area contributed by atoms with E-state index >= 15 is 0 Å². The molecule has 0 unspecified atom stereocenters. The lowest BCUT2D eigenvalue weighted by Gasteiger charge is -2.51. The highest BCUT2D eigenvalue weighted by Crippen LogP contribution is 2.53. The highest BCUT2D eigenvalue weighted by Gasteiger charge is 2.51. The normalized spacial score (nSPS) is 25.0. The van der Waals surface area contributed by atoms with Gasteiger partial charge >= 0.3 is 6.18 Å². The molecule has 5 heteroatoms. The number of allylic oxidation sites excluding steroid dienone is 2. The van der Waals surface area contributed by atoms with E-state index in [9.17, 15) is 18.0 Å². The summed E-state index contributed by atoms with van der Waals surface area (Å²) in [6, 6.07) is 0. The molecule has 1 saturated carbocycles. The lowest BCUT2D eigenvalue weighted by atomic mass is 9.59. The van der Waals surface area contributed by atoms with Crippen LogP contribution in [-0.2, 0) is 9.53 Å². The Kier molecular flexibility index (Phi) is 3.13. The maximum absolute atomic E-state index is 12.3. The molecule has 2 nitrogen and oxygen atoms in total. The molecule has 0 bridgehead atoms. The van der Waals surface area contributed by atoms with Crippen LogP contribution in [-0.4, -0.2) is 24.2 Å². The highest BCUT2D eigenvalue weighted by atomic mass is 19.4. The van der Waals surface area contributed by atoms with Crippen LogP contribution in [0.4, 0.5) is 13.2 Å². The third-order valence-electron chi connectivity index (χ3n) is 3.87. The molecule has 0 aromatic carbocycles. The summed E-state index contributed by atoms with van der Waals surface area (Å²) in [5.74, 6) is -0.218. The second kappa shape index (κ2) is 4.23. The van der Waals surface area contributed by atoms with Gasteiger partial charge in [0.15, 0.2) is 5.78 Å². The van der Waals surface area contributed by atoms with Crippen molar-refractivity contribution >= 4 is 5.78 Å². The molecule has 0 heterocycles. The van der Waals surface area contributed by atoms with Crippen LogP contribution < -0.4 is 0 Å². The first-order chi connectivity index (χ1) is 8.27. The summed E-state index contributed by atoms with van der Waals surface area (Å²) >= 11 is 0. The monoisotopic (exact) mass is 260 g/mol. The van der Waals surface area contributed by atoms with Gasteiger partial charge in [-0.1, -0.05) is 13.3 Å². The van der Waals surface area contributed by atoms with Crippen LogP contribution in [0.25, 0.3) is 0 Å². The molecular weight excluding hydrogens is 245 g/mol. The number of carbonyl (C=O) groups excluding carboxylic acids is 1. The maximum Gasteiger partial charge on any atom is 0.411 e. The first-order valence-electron chi connectivity index (χ1n) is 5.90. The average molecular weight is 260 g/mol. The van der Waals surface area contributed by atoms with E-state index in [1.165, 1.54) is 24.3 Å². The van der Waals surface area contributed by atoms with Gasteiger partial charge in [0.25, 0.3) is 0 Å². The van der Waals surface area contributed by atoms with E-state index in [0.717, 1.165) is 19.3 Å². The van der Waals surface area contributed by atoms with Crippen molar-refractivity contribution < 1.29 is 22.7 Å². The zero-order chi connectivity index (χ0) is 13.4. The van der Waals surface area contributed by atoms with Crippen molar-refractivity contribution in [3.8, 4) is 0 Å². The number of ether oxygens (including phenoxy) is 1. The molecule has 0 radical (unpaired) electrons. The van der Waals surface area contributed by atoms with Crippen LogP contribution in [0.15, 0.2) is 24.3 Å². The number of hydrogen-bond acceptors (Lipinski definition) is 2. The molecular formula is C13H15F3O2. The lowest BCUT2D eigenvalue weighted by molar-refractivity contribution is -0.213. The number of carbonyl (C=O) groups is 1. The van der Waals surface area contributed by atoms with Crippen LogP contribution in [0.2, 0.25) is 0 Å². The second-order valence-electron chi connectivity index (χ2n) is 5.18. The van der Waals surface area contributed by atoms with Crippen LogP contribution in [0.1, 0.15) is 26.2 Å². The minimum Gasteiger partial charge on any atom is -0.357 e.